The van der Waals surface area contributed by atoms with E-state index in [1.807, 2.05) is 13.0 Å². The van der Waals surface area contributed by atoms with Crippen molar-refractivity contribution in [2.75, 3.05) is 6.54 Å². The van der Waals surface area contributed by atoms with Gasteiger partial charge >= 0.3 is 0 Å². The van der Waals surface area contributed by atoms with Gasteiger partial charge in [-0.1, -0.05) is 12.5 Å². The highest BCUT2D eigenvalue weighted by Crippen LogP contribution is 2.28. The molecule has 0 amide bonds. The van der Waals surface area contributed by atoms with E-state index >= 15 is 0 Å². The first-order valence-corrected chi connectivity index (χ1v) is 8.60. The van der Waals surface area contributed by atoms with Crippen LogP contribution < -0.4 is 5.73 Å². The molecule has 0 saturated carbocycles. The largest absolute Gasteiger partial charge is 0.326 e. The second-order valence-corrected chi connectivity index (χ2v) is 7.49. The number of piperidine rings is 1. The highest BCUT2D eigenvalue weighted by Gasteiger charge is 2.36. The van der Waals surface area contributed by atoms with Crippen molar-refractivity contribution >= 4 is 22.4 Å². The Balaban J connectivity index is 0.00000242. The van der Waals surface area contributed by atoms with Crippen molar-refractivity contribution in [2.24, 2.45) is 5.73 Å². The van der Waals surface area contributed by atoms with Gasteiger partial charge in [0.2, 0.25) is 10.0 Å². The molecule has 1 aliphatic rings. The molecular formula is C15H22ClN3O2S. The number of nitrogens with zero attached hydrogens (tertiary/aromatic N) is 2. The SMILES string of the molecule is Cc1ccc(C#N)cc1S(=O)(=O)N1CCCCC1C(C)N.Cl. The van der Waals surface area contributed by atoms with Crippen LogP contribution in [0.4, 0.5) is 0 Å². The van der Waals surface area contributed by atoms with Crippen molar-refractivity contribution < 1.29 is 8.42 Å². The predicted octanol–water partition coefficient (Wildman–Crippen LogP) is 2.18. The number of benzene rings is 1. The molecule has 1 aromatic rings. The molecule has 0 aliphatic carbocycles. The summed E-state index contributed by atoms with van der Waals surface area (Å²) in [4.78, 5) is 0.217. The number of rotatable bonds is 3. The smallest absolute Gasteiger partial charge is 0.243 e. The monoisotopic (exact) mass is 343 g/mol. The highest BCUT2D eigenvalue weighted by atomic mass is 35.5. The third-order valence-electron chi connectivity index (χ3n) is 4.01. The molecule has 0 aromatic heterocycles. The number of sulfonamides is 1. The summed E-state index contributed by atoms with van der Waals surface area (Å²) in [6, 6.07) is 6.38. The van der Waals surface area contributed by atoms with Gasteiger partial charge in [-0.05, 0) is 44.4 Å². The maximum atomic E-state index is 13.0. The third-order valence-corrected chi connectivity index (χ3v) is 6.08. The van der Waals surface area contributed by atoms with Crippen LogP contribution >= 0.6 is 12.4 Å². The average molecular weight is 344 g/mol. The highest BCUT2D eigenvalue weighted by molar-refractivity contribution is 7.89. The van der Waals surface area contributed by atoms with E-state index in [1.165, 1.54) is 10.4 Å². The second-order valence-electron chi connectivity index (χ2n) is 5.63. The summed E-state index contributed by atoms with van der Waals surface area (Å²) < 4.78 is 27.4. The molecule has 22 heavy (non-hydrogen) atoms. The summed E-state index contributed by atoms with van der Waals surface area (Å²) in [5.41, 5.74) is 6.98. The van der Waals surface area contributed by atoms with Crippen LogP contribution in [0.1, 0.15) is 37.3 Å². The van der Waals surface area contributed by atoms with E-state index in [4.69, 9.17) is 11.0 Å². The number of nitriles is 1. The van der Waals surface area contributed by atoms with Crippen LogP contribution in [-0.2, 0) is 10.0 Å². The van der Waals surface area contributed by atoms with Crippen LogP contribution in [0.2, 0.25) is 0 Å². The molecule has 5 nitrogen and oxygen atoms in total. The molecule has 0 bridgehead atoms. The van der Waals surface area contributed by atoms with Crippen molar-refractivity contribution in [3.8, 4) is 6.07 Å². The van der Waals surface area contributed by atoms with E-state index in [0.717, 1.165) is 19.3 Å². The van der Waals surface area contributed by atoms with Crippen LogP contribution in [0.5, 0.6) is 0 Å². The second kappa shape index (κ2) is 7.42. The van der Waals surface area contributed by atoms with Crippen LogP contribution in [0.25, 0.3) is 0 Å². The van der Waals surface area contributed by atoms with Crippen LogP contribution in [-0.4, -0.2) is 31.4 Å². The topological polar surface area (TPSA) is 87.2 Å². The average Bonchev–Trinajstić information content (AvgIpc) is 2.47. The maximum absolute atomic E-state index is 13.0. The maximum Gasteiger partial charge on any atom is 0.243 e. The molecule has 1 aliphatic heterocycles. The molecule has 7 heteroatoms. The molecule has 2 unspecified atom stereocenters. The van der Waals surface area contributed by atoms with E-state index in [0.29, 0.717) is 17.7 Å². The zero-order chi connectivity index (χ0) is 15.6. The molecular weight excluding hydrogens is 322 g/mol. The first-order valence-electron chi connectivity index (χ1n) is 7.16. The Morgan fingerprint density at radius 1 is 1.41 bits per heavy atom. The minimum absolute atomic E-state index is 0. The lowest BCUT2D eigenvalue weighted by Crippen LogP contribution is -2.51. The molecule has 0 spiro atoms. The van der Waals surface area contributed by atoms with Gasteiger partial charge in [-0.2, -0.15) is 9.57 Å². The first-order chi connectivity index (χ1) is 9.87. The van der Waals surface area contributed by atoms with Crippen LogP contribution in [0.3, 0.4) is 0 Å². The molecule has 122 valence electrons. The zero-order valence-corrected chi connectivity index (χ0v) is 14.5. The molecule has 2 N–H and O–H groups in total. The van der Waals surface area contributed by atoms with Crippen molar-refractivity contribution in [1.82, 2.24) is 4.31 Å². The minimum atomic E-state index is -3.62. The lowest BCUT2D eigenvalue weighted by atomic mass is 10.00. The number of nitrogens with two attached hydrogens (primary N) is 1. The van der Waals surface area contributed by atoms with Crippen molar-refractivity contribution in [3.05, 3.63) is 29.3 Å². The van der Waals surface area contributed by atoms with Crippen LogP contribution in [0.15, 0.2) is 23.1 Å². The van der Waals surface area contributed by atoms with Gasteiger partial charge in [-0.25, -0.2) is 8.42 Å². The fourth-order valence-corrected chi connectivity index (χ4v) is 4.86. The van der Waals surface area contributed by atoms with Gasteiger partial charge < -0.3 is 5.73 Å². The van der Waals surface area contributed by atoms with Crippen molar-refractivity contribution in [1.29, 1.82) is 5.26 Å². The third kappa shape index (κ3) is 3.61. The molecule has 1 aromatic carbocycles. The summed E-state index contributed by atoms with van der Waals surface area (Å²) in [5.74, 6) is 0. The van der Waals surface area contributed by atoms with E-state index < -0.39 is 10.0 Å². The van der Waals surface area contributed by atoms with E-state index in [-0.39, 0.29) is 29.4 Å². The minimum Gasteiger partial charge on any atom is -0.326 e. The molecule has 1 saturated heterocycles. The summed E-state index contributed by atoms with van der Waals surface area (Å²) >= 11 is 0. The van der Waals surface area contributed by atoms with Gasteiger partial charge in [0.05, 0.1) is 16.5 Å². The summed E-state index contributed by atoms with van der Waals surface area (Å²) in [6.07, 6.45) is 2.63. The fraction of sp³-hybridized carbons (Fsp3) is 0.533. The van der Waals surface area contributed by atoms with Crippen LogP contribution in [0, 0.1) is 18.3 Å². The lowest BCUT2D eigenvalue weighted by molar-refractivity contribution is 0.227. The molecule has 2 atom stereocenters. The first kappa shape index (κ1) is 18.9. The Hall–Kier alpha value is -1.13. The van der Waals surface area contributed by atoms with Gasteiger partial charge in [0.25, 0.3) is 0 Å². The lowest BCUT2D eigenvalue weighted by Gasteiger charge is -2.37. The normalized spacial score (nSPS) is 20.7. The Bertz CT molecular complexity index is 668. The fourth-order valence-electron chi connectivity index (χ4n) is 2.83. The summed E-state index contributed by atoms with van der Waals surface area (Å²) in [7, 11) is -3.62. The molecule has 0 radical (unpaired) electrons. The Morgan fingerprint density at radius 2 is 2.09 bits per heavy atom. The summed E-state index contributed by atoms with van der Waals surface area (Å²) in [5, 5.41) is 8.99. The Labute approximate surface area is 138 Å². The van der Waals surface area contributed by atoms with Gasteiger partial charge in [0.15, 0.2) is 0 Å². The quantitative estimate of drug-likeness (QED) is 0.911. The number of hydrogen-bond acceptors (Lipinski definition) is 4. The Morgan fingerprint density at radius 3 is 2.68 bits per heavy atom. The summed E-state index contributed by atoms with van der Waals surface area (Å²) in [6.45, 7) is 4.08. The number of aryl methyl sites for hydroxylation is 1. The van der Waals surface area contributed by atoms with Crippen molar-refractivity contribution in [2.45, 2.75) is 50.1 Å². The van der Waals surface area contributed by atoms with Gasteiger partial charge in [0, 0.05) is 18.6 Å². The predicted molar refractivity (Wildman–Crippen MR) is 88.3 cm³/mol. The van der Waals surface area contributed by atoms with E-state index in [9.17, 15) is 8.42 Å². The number of halogens is 1. The van der Waals surface area contributed by atoms with E-state index in [2.05, 4.69) is 0 Å². The van der Waals surface area contributed by atoms with Gasteiger partial charge in [-0.3, -0.25) is 0 Å². The molecule has 2 rings (SSSR count). The van der Waals surface area contributed by atoms with E-state index in [1.54, 1.807) is 19.1 Å². The van der Waals surface area contributed by atoms with Gasteiger partial charge in [-0.15, -0.1) is 12.4 Å². The standard InChI is InChI=1S/C15H21N3O2S.ClH/c1-11-6-7-13(10-16)9-15(11)21(19,20)18-8-4-3-5-14(18)12(2)17;/h6-7,9,12,14H,3-5,8,17H2,1-2H3;1H. The zero-order valence-electron chi connectivity index (χ0n) is 12.8. The molecule has 1 heterocycles. The molecule has 1 fully saturated rings. The number of hydrogen-bond donors (Lipinski definition) is 1. The Kier molecular flexibility index (Phi) is 6.38. The van der Waals surface area contributed by atoms with Gasteiger partial charge in [0.1, 0.15) is 0 Å². The van der Waals surface area contributed by atoms with Crippen molar-refractivity contribution in [3.63, 3.8) is 0 Å².